The molecule has 0 aromatic carbocycles. The predicted molar refractivity (Wildman–Crippen MR) is 62.4 cm³/mol. The number of hydrogen-bond acceptors (Lipinski definition) is 6. The Labute approximate surface area is 99.2 Å². The highest BCUT2D eigenvalue weighted by atomic mass is 16.5. The number of nitrogens with zero attached hydrogens (tertiary/aromatic N) is 3. The topological polar surface area (TPSA) is 95.4 Å². The summed E-state index contributed by atoms with van der Waals surface area (Å²) in [7, 11) is 0. The number of nitrogen functional groups attached to an aromatic ring is 1. The maximum absolute atomic E-state index is 9.27. The first kappa shape index (κ1) is 11.6. The zero-order valence-electron chi connectivity index (χ0n) is 9.33. The van der Waals surface area contributed by atoms with Crippen LogP contribution in [0.4, 0.5) is 11.5 Å². The number of nitriles is 1. The summed E-state index contributed by atoms with van der Waals surface area (Å²) in [6.07, 6.45) is 1.48. The van der Waals surface area contributed by atoms with Gasteiger partial charge >= 0.3 is 0 Å². The fraction of sp³-hybridized carbons (Fsp3) is 0.455. The van der Waals surface area contributed by atoms with E-state index in [9.17, 15) is 5.11 Å². The normalized spacial score (nSPS) is 20.0. The van der Waals surface area contributed by atoms with Crippen molar-refractivity contribution in [3.8, 4) is 6.07 Å². The van der Waals surface area contributed by atoms with Gasteiger partial charge in [0.15, 0.2) is 5.82 Å². The molecule has 1 atom stereocenters. The van der Waals surface area contributed by atoms with Crippen LogP contribution in [0, 0.1) is 11.3 Å². The van der Waals surface area contributed by atoms with Crippen molar-refractivity contribution in [1.29, 1.82) is 5.26 Å². The first-order valence-electron chi connectivity index (χ1n) is 5.37. The van der Waals surface area contributed by atoms with Gasteiger partial charge in [-0.2, -0.15) is 5.26 Å². The molecule has 90 valence electrons. The van der Waals surface area contributed by atoms with Gasteiger partial charge in [-0.1, -0.05) is 0 Å². The molecule has 3 N–H and O–H groups in total. The summed E-state index contributed by atoms with van der Waals surface area (Å²) < 4.78 is 5.29. The molecule has 0 aliphatic carbocycles. The Kier molecular flexibility index (Phi) is 3.42. The van der Waals surface area contributed by atoms with Crippen LogP contribution in [0.25, 0.3) is 0 Å². The smallest absolute Gasteiger partial charge is 0.152 e. The van der Waals surface area contributed by atoms with Crippen LogP contribution in [0.2, 0.25) is 0 Å². The van der Waals surface area contributed by atoms with E-state index in [1.165, 1.54) is 6.20 Å². The quantitative estimate of drug-likeness (QED) is 0.731. The van der Waals surface area contributed by atoms with Crippen molar-refractivity contribution in [2.75, 3.05) is 37.0 Å². The van der Waals surface area contributed by atoms with Crippen LogP contribution in [-0.4, -0.2) is 42.5 Å². The highest BCUT2D eigenvalue weighted by Crippen LogP contribution is 2.24. The van der Waals surface area contributed by atoms with Crippen molar-refractivity contribution in [2.24, 2.45) is 0 Å². The maximum atomic E-state index is 9.27. The van der Waals surface area contributed by atoms with E-state index >= 15 is 0 Å². The molecule has 17 heavy (non-hydrogen) atoms. The first-order valence-corrected chi connectivity index (χ1v) is 5.37. The Hall–Kier alpha value is -1.84. The van der Waals surface area contributed by atoms with Crippen molar-refractivity contribution in [3.05, 3.63) is 17.8 Å². The molecular formula is C11H14N4O2. The van der Waals surface area contributed by atoms with Crippen LogP contribution in [0.5, 0.6) is 0 Å². The minimum atomic E-state index is -0.133. The number of anilines is 2. The number of morpholine rings is 1. The van der Waals surface area contributed by atoms with Crippen LogP contribution < -0.4 is 10.6 Å². The number of aliphatic hydroxyl groups excluding tert-OH is 1. The molecule has 1 unspecified atom stereocenters. The Balaban J connectivity index is 2.29. The summed E-state index contributed by atoms with van der Waals surface area (Å²) in [5, 5.41) is 18.0. The van der Waals surface area contributed by atoms with Crippen LogP contribution in [-0.2, 0) is 4.74 Å². The zero-order valence-corrected chi connectivity index (χ0v) is 9.33. The lowest BCUT2D eigenvalue weighted by atomic mass is 10.2. The Morgan fingerprint density at radius 3 is 3.18 bits per heavy atom. The zero-order chi connectivity index (χ0) is 12.3. The molecule has 1 aliphatic heterocycles. The van der Waals surface area contributed by atoms with E-state index in [0.29, 0.717) is 36.8 Å². The summed E-state index contributed by atoms with van der Waals surface area (Å²) in [5.74, 6) is 0.603. The maximum Gasteiger partial charge on any atom is 0.152 e. The van der Waals surface area contributed by atoms with Gasteiger partial charge in [-0.3, -0.25) is 0 Å². The third-order valence-electron chi connectivity index (χ3n) is 2.73. The lowest BCUT2D eigenvalue weighted by Crippen LogP contribution is -2.48. The molecule has 0 amide bonds. The van der Waals surface area contributed by atoms with E-state index in [1.54, 1.807) is 6.07 Å². The molecule has 1 fully saturated rings. The van der Waals surface area contributed by atoms with Gasteiger partial charge in [0.1, 0.15) is 6.07 Å². The second kappa shape index (κ2) is 4.99. The second-order valence-electron chi connectivity index (χ2n) is 3.85. The Morgan fingerprint density at radius 2 is 2.53 bits per heavy atom. The molecule has 2 rings (SSSR count). The number of ether oxygens (including phenoxy) is 1. The van der Waals surface area contributed by atoms with Crippen LogP contribution in [0.3, 0.4) is 0 Å². The van der Waals surface area contributed by atoms with Gasteiger partial charge in [0.2, 0.25) is 0 Å². The fourth-order valence-electron chi connectivity index (χ4n) is 1.86. The molecule has 0 bridgehead atoms. The molecular weight excluding hydrogens is 220 g/mol. The third kappa shape index (κ3) is 2.30. The highest BCUT2D eigenvalue weighted by Gasteiger charge is 2.25. The Bertz CT molecular complexity index is 444. The Morgan fingerprint density at radius 1 is 1.71 bits per heavy atom. The number of rotatable bonds is 2. The first-order chi connectivity index (χ1) is 8.26. The minimum absolute atomic E-state index is 0.0128. The number of aliphatic hydroxyl groups is 1. The largest absolute Gasteiger partial charge is 0.396 e. The molecule has 1 aromatic heterocycles. The molecule has 0 spiro atoms. The number of pyridine rings is 1. The van der Waals surface area contributed by atoms with Gasteiger partial charge in [0.05, 0.1) is 37.1 Å². The van der Waals surface area contributed by atoms with E-state index in [1.807, 2.05) is 11.0 Å². The van der Waals surface area contributed by atoms with Gasteiger partial charge in [-0.25, -0.2) is 4.98 Å². The van der Waals surface area contributed by atoms with Gasteiger partial charge in [0, 0.05) is 12.7 Å². The van der Waals surface area contributed by atoms with Crippen LogP contribution in [0.15, 0.2) is 12.3 Å². The molecule has 1 aromatic rings. The third-order valence-corrected chi connectivity index (χ3v) is 2.73. The van der Waals surface area contributed by atoms with E-state index in [-0.39, 0.29) is 12.6 Å². The van der Waals surface area contributed by atoms with Crippen LogP contribution in [0.1, 0.15) is 5.56 Å². The summed E-state index contributed by atoms with van der Waals surface area (Å²) in [4.78, 5) is 6.10. The van der Waals surface area contributed by atoms with Gasteiger partial charge in [0.25, 0.3) is 0 Å². The van der Waals surface area contributed by atoms with E-state index < -0.39 is 0 Å². The molecule has 1 aliphatic rings. The molecule has 1 saturated heterocycles. The van der Waals surface area contributed by atoms with E-state index in [2.05, 4.69) is 4.98 Å². The summed E-state index contributed by atoms with van der Waals surface area (Å²) in [6.45, 7) is 1.66. The number of nitrogens with two attached hydrogens (primary N) is 1. The summed E-state index contributed by atoms with van der Waals surface area (Å²) >= 11 is 0. The monoisotopic (exact) mass is 234 g/mol. The summed E-state index contributed by atoms with van der Waals surface area (Å²) in [6, 6.07) is 3.44. The highest BCUT2D eigenvalue weighted by molar-refractivity contribution is 5.65. The van der Waals surface area contributed by atoms with Crippen molar-refractivity contribution >= 4 is 11.5 Å². The standard InChI is InChI=1S/C11H14N4O2/c12-4-8-3-10(13)11(14-5-8)15-1-2-17-7-9(15)6-16/h3,5,9,16H,1-2,6-7,13H2. The van der Waals surface area contributed by atoms with Gasteiger partial charge < -0.3 is 20.5 Å². The van der Waals surface area contributed by atoms with Crippen LogP contribution >= 0.6 is 0 Å². The SMILES string of the molecule is N#Cc1cnc(N2CCOCC2CO)c(N)c1. The lowest BCUT2D eigenvalue weighted by molar-refractivity contribution is 0.0723. The van der Waals surface area contributed by atoms with Crippen molar-refractivity contribution in [1.82, 2.24) is 4.98 Å². The molecule has 2 heterocycles. The fourth-order valence-corrected chi connectivity index (χ4v) is 1.86. The van der Waals surface area contributed by atoms with Crippen molar-refractivity contribution in [3.63, 3.8) is 0 Å². The number of hydrogen-bond donors (Lipinski definition) is 2. The van der Waals surface area contributed by atoms with E-state index in [4.69, 9.17) is 15.7 Å². The molecule has 0 radical (unpaired) electrons. The second-order valence-corrected chi connectivity index (χ2v) is 3.85. The average Bonchev–Trinajstić information content (AvgIpc) is 2.38. The van der Waals surface area contributed by atoms with Gasteiger partial charge in [-0.05, 0) is 6.07 Å². The van der Waals surface area contributed by atoms with Crippen molar-refractivity contribution in [2.45, 2.75) is 6.04 Å². The van der Waals surface area contributed by atoms with Crippen molar-refractivity contribution < 1.29 is 9.84 Å². The molecule has 6 nitrogen and oxygen atoms in total. The molecule has 0 saturated carbocycles. The minimum Gasteiger partial charge on any atom is -0.396 e. The van der Waals surface area contributed by atoms with Gasteiger partial charge in [-0.15, -0.1) is 0 Å². The number of aromatic nitrogens is 1. The average molecular weight is 234 g/mol. The lowest BCUT2D eigenvalue weighted by Gasteiger charge is -2.35. The summed E-state index contributed by atoms with van der Waals surface area (Å²) in [5.41, 5.74) is 6.75. The van der Waals surface area contributed by atoms with E-state index in [0.717, 1.165) is 0 Å². The predicted octanol–water partition coefficient (Wildman–Crippen LogP) is -0.267. The molecule has 6 heteroatoms.